The first-order valence-electron chi connectivity index (χ1n) is 6.91. The molecule has 1 aliphatic heterocycles. The van der Waals surface area contributed by atoms with E-state index in [-0.39, 0.29) is 6.61 Å². The maximum absolute atomic E-state index is 9.44. The second kappa shape index (κ2) is 6.39. The van der Waals surface area contributed by atoms with Gasteiger partial charge in [-0.1, -0.05) is 66.0 Å². The fraction of sp³-hybridized carbons (Fsp3) is 0.375. The molecule has 0 atom stereocenters. The third-order valence-electron chi connectivity index (χ3n) is 3.86. The minimum absolute atomic E-state index is 0.270. The van der Waals surface area contributed by atoms with E-state index in [1.165, 1.54) is 21.4 Å². The Bertz CT molecular complexity index is 571. The Morgan fingerprint density at radius 1 is 1.00 bits per heavy atom. The van der Waals surface area contributed by atoms with Crippen LogP contribution in [0.4, 0.5) is 0 Å². The van der Waals surface area contributed by atoms with Crippen LogP contribution < -0.4 is 0 Å². The van der Waals surface area contributed by atoms with Crippen molar-refractivity contribution in [3.8, 4) is 0 Å². The maximum atomic E-state index is 9.44. The van der Waals surface area contributed by atoms with Crippen LogP contribution >= 0.6 is 23.5 Å². The normalized spacial score (nSPS) is 18.2. The lowest BCUT2D eigenvalue weighted by Crippen LogP contribution is -2.50. The van der Waals surface area contributed by atoms with E-state index in [2.05, 4.69) is 42.5 Å². The van der Waals surface area contributed by atoms with Crippen LogP contribution in [-0.2, 0) is 6.54 Å². The van der Waals surface area contributed by atoms with E-state index in [0.29, 0.717) is 0 Å². The summed E-state index contributed by atoms with van der Waals surface area (Å²) in [5.74, 6) is 2.22. The molecular weight excluding hydrogens is 286 g/mol. The number of aliphatic hydroxyl groups is 1. The zero-order chi connectivity index (χ0) is 13.8. The van der Waals surface area contributed by atoms with E-state index in [9.17, 15) is 5.11 Å². The van der Waals surface area contributed by atoms with Crippen LogP contribution in [0.2, 0.25) is 0 Å². The first kappa shape index (κ1) is 14.3. The van der Waals surface area contributed by atoms with Crippen molar-refractivity contribution in [3.05, 3.63) is 48.0 Å². The van der Waals surface area contributed by atoms with Crippen LogP contribution in [0, 0.1) is 0 Å². The van der Waals surface area contributed by atoms with Crippen molar-refractivity contribution < 1.29 is 9.59 Å². The molecule has 2 aromatic rings. The number of hydrogen-bond acceptors (Lipinski definition) is 3. The molecule has 1 N–H and O–H groups in total. The number of nitrogens with zero attached hydrogens (tertiary/aromatic N) is 1. The Balaban J connectivity index is 1.94. The SMILES string of the molecule is OCC[N+]1(Cc2cccc3ccccc23)CSCSC1. The molecule has 1 aliphatic rings. The fourth-order valence-electron chi connectivity index (χ4n) is 2.86. The fourth-order valence-corrected chi connectivity index (χ4v) is 5.44. The lowest BCUT2D eigenvalue weighted by atomic mass is 10.0. The van der Waals surface area contributed by atoms with Gasteiger partial charge in [0.25, 0.3) is 0 Å². The van der Waals surface area contributed by atoms with Gasteiger partial charge >= 0.3 is 0 Å². The number of hydrogen-bond donors (Lipinski definition) is 1. The minimum atomic E-state index is 0.270. The molecule has 0 spiro atoms. The summed E-state index contributed by atoms with van der Waals surface area (Å²) in [6, 6.07) is 15.2. The highest BCUT2D eigenvalue weighted by atomic mass is 32.2. The van der Waals surface area contributed by atoms with Gasteiger partial charge in [0, 0.05) is 10.6 Å². The van der Waals surface area contributed by atoms with Gasteiger partial charge in [-0.3, -0.25) is 0 Å². The molecule has 0 saturated carbocycles. The summed E-state index contributed by atoms with van der Waals surface area (Å²) in [6.45, 7) is 2.14. The number of rotatable bonds is 4. The second-order valence-electron chi connectivity index (χ2n) is 5.37. The van der Waals surface area contributed by atoms with E-state index in [1.54, 1.807) is 0 Å². The molecule has 2 nitrogen and oxygen atoms in total. The van der Waals surface area contributed by atoms with Crippen LogP contribution in [0.1, 0.15) is 5.56 Å². The summed E-state index contributed by atoms with van der Waals surface area (Å²) in [4.78, 5) is 0. The Kier molecular flexibility index (Phi) is 4.56. The van der Waals surface area contributed by atoms with Crippen LogP contribution in [0.3, 0.4) is 0 Å². The van der Waals surface area contributed by atoms with Crippen molar-refractivity contribution in [2.24, 2.45) is 0 Å². The van der Waals surface area contributed by atoms with Gasteiger partial charge in [0.2, 0.25) is 0 Å². The first-order chi connectivity index (χ1) is 9.83. The van der Waals surface area contributed by atoms with Gasteiger partial charge in [-0.25, -0.2) is 0 Å². The second-order valence-corrected chi connectivity index (χ2v) is 7.65. The van der Waals surface area contributed by atoms with Crippen molar-refractivity contribution >= 4 is 34.3 Å². The monoisotopic (exact) mass is 306 g/mol. The molecule has 0 amide bonds. The zero-order valence-electron chi connectivity index (χ0n) is 11.5. The quantitative estimate of drug-likeness (QED) is 0.873. The van der Waals surface area contributed by atoms with Crippen molar-refractivity contribution in [1.29, 1.82) is 0 Å². The molecule has 20 heavy (non-hydrogen) atoms. The molecule has 0 unspecified atom stereocenters. The van der Waals surface area contributed by atoms with Gasteiger partial charge in [0.15, 0.2) is 0 Å². The number of quaternary nitrogens is 1. The Hall–Kier alpha value is -0.680. The summed E-state index contributed by atoms with van der Waals surface area (Å²) >= 11 is 3.98. The third kappa shape index (κ3) is 2.98. The third-order valence-corrected chi connectivity index (χ3v) is 6.65. The smallest absolute Gasteiger partial charge is 0.127 e. The number of thioether (sulfide) groups is 2. The Labute approximate surface area is 128 Å². The summed E-state index contributed by atoms with van der Waals surface area (Å²) in [6.07, 6.45) is 0. The molecule has 3 rings (SSSR count). The average molecular weight is 306 g/mol. The highest BCUT2D eigenvalue weighted by Crippen LogP contribution is 2.32. The molecule has 0 aromatic heterocycles. The predicted molar refractivity (Wildman–Crippen MR) is 89.6 cm³/mol. The van der Waals surface area contributed by atoms with Gasteiger partial charge in [-0.15, -0.1) is 0 Å². The van der Waals surface area contributed by atoms with Gasteiger partial charge in [-0.2, -0.15) is 0 Å². The number of aliphatic hydroxyl groups excluding tert-OH is 1. The van der Waals surface area contributed by atoms with Gasteiger partial charge < -0.3 is 9.59 Å². The minimum Gasteiger partial charge on any atom is -0.391 e. The summed E-state index contributed by atoms with van der Waals surface area (Å²) < 4.78 is 0.986. The van der Waals surface area contributed by atoms with Crippen LogP contribution in [0.25, 0.3) is 10.8 Å². The van der Waals surface area contributed by atoms with Gasteiger partial charge in [0.05, 0.1) is 6.61 Å². The van der Waals surface area contributed by atoms with E-state index in [0.717, 1.165) is 29.3 Å². The molecule has 1 saturated heterocycles. The van der Waals surface area contributed by atoms with E-state index in [4.69, 9.17) is 0 Å². The molecule has 1 heterocycles. The number of fused-ring (bicyclic) bond motifs is 1. The van der Waals surface area contributed by atoms with Crippen molar-refractivity contribution in [3.63, 3.8) is 0 Å². The molecule has 0 radical (unpaired) electrons. The molecule has 0 bridgehead atoms. The zero-order valence-corrected chi connectivity index (χ0v) is 13.1. The largest absolute Gasteiger partial charge is 0.391 e. The van der Waals surface area contributed by atoms with Crippen LogP contribution in [0.5, 0.6) is 0 Å². The molecule has 0 aliphatic carbocycles. The lowest BCUT2D eigenvalue weighted by Gasteiger charge is -2.40. The average Bonchev–Trinajstić information content (AvgIpc) is 2.49. The Morgan fingerprint density at radius 2 is 1.75 bits per heavy atom. The summed E-state index contributed by atoms with van der Waals surface area (Å²) in [5.41, 5.74) is 1.40. The molecule has 1 fully saturated rings. The Morgan fingerprint density at radius 3 is 2.55 bits per heavy atom. The van der Waals surface area contributed by atoms with Gasteiger partial charge in [0.1, 0.15) is 24.8 Å². The van der Waals surface area contributed by atoms with E-state index in [1.807, 2.05) is 23.5 Å². The maximum Gasteiger partial charge on any atom is 0.127 e. The molecule has 4 heteroatoms. The van der Waals surface area contributed by atoms with Crippen LogP contribution in [0.15, 0.2) is 42.5 Å². The summed E-state index contributed by atoms with van der Waals surface area (Å²) in [7, 11) is 0. The summed E-state index contributed by atoms with van der Waals surface area (Å²) in [5, 5.41) is 13.3. The lowest BCUT2D eigenvalue weighted by molar-refractivity contribution is -0.917. The molecular formula is C16H20NOS2+. The molecule has 106 valence electrons. The molecule has 2 aromatic carbocycles. The van der Waals surface area contributed by atoms with E-state index >= 15 is 0 Å². The van der Waals surface area contributed by atoms with Gasteiger partial charge in [-0.05, 0) is 10.8 Å². The highest BCUT2D eigenvalue weighted by molar-refractivity contribution is 8.16. The first-order valence-corrected chi connectivity index (χ1v) is 9.22. The standard InChI is InChI=1S/C16H20NOS2/c18-9-8-17(11-19-13-20-12-17)10-15-6-3-5-14-4-1-2-7-16(14)15/h1-7,18H,8-13H2/q+1. The predicted octanol–water partition coefficient (Wildman–Crippen LogP) is 3.50. The van der Waals surface area contributed by atoms with E-state index < -0.39 is 0 Å². The van der Waals surface area contributed by atoms with Crippen molar-refractivity contribution in [2.75, 3.05) is 30.0 Å². The highest BCUT2D eigenvalue weighted by Gasteiger charge is 2.31. The topological polar surface area (TPSA) is 20.2 Å². The van der Waals surface area contributed by atoms with Crippen molar-refractivity contribution in [1.82, 2.24) is 0 Å². The van der Waals surface area contributed by atoms with Crippen molar-refractivity contribution in [2.45, 2.75) is 6.54 Å². The van der Waals surface area contributed by atoms with Crippen LogP contribution in [-0.4, -0.2) is 39.6 Å². The number of benzene rings is 2.